The van der Waals surface area contributed by atoms with Crippen LogP contribution in [0, 0.1) is 0 Å². The van der Waals surface area contributed by atoms with Crippen LogP contribution in [0.25, 0.3) is 22.3 Å². The van der Waals surface area contributed by atoms with E-state index in [1.54, 1.807) is 6.20 Å². The lowest BCUT2D eigenvalue weighted by Crippen LogP contribution is -2.42. The van der Waals surface area contributed by atoms with Gasteiger partial charge in [0.05, 0.1) is 27.0 Å². The number of halogens is 2. The number of para-hydroxylation sites is 1. The number of aromatic nitrogens is 2. The van der Waals surface area contributed by atoms with E-state index in [2.05, 4.69) is 14.7 Å². The van der Waals surface area contributed by atoms with Crippen molar-refractivity contribution in [2.24, 2.45) is 0 Å². The van der Waals surface area contributed by atoms with E-state index in [0.717, 1.165) is 39.3 Å². The van der Waals surface area contributed by atoms with Crippen molar-refractivity contribution >= 4 is 68.4 Å². The van der Waals surface area contributed by atoms with Crippen LogP contribution >= 0.6 is 35.1 Å². The predicted octanol–water partition coefficient (Wildman–Crippen LogP) is 6.21. The van der Waals surface area contributed by atoms with Crippen LogP contribution in [0.1, 0.15) is 0 Å². The number of hydrogen-bond acceptors (Lipinski definition) is 5. The molecule has 3 aromatic carbocycles. The zero-order valence-electron chi connectivity index (χ0n) is 16.1. The second-order valence-electron chi connectivity index (χ2n) is 6.89. The molecule has 0 aliphatic carbocycles. The minimum absolute atomic E-state index is 0.572. The first kappa shape index (κ1) is 20.6. The quantitative estimate of drug-likeness (QED) is 0.340. The highest BCUT2D eigenvalue weighted by atomic mass is 35.5. The smallest absolute Gasteiger partial charge is 0.161 e. The molecular weight excluding hydrogens is 471 g/mol. The van der Waals surface area contributed by atoms with Gasteiger partial charge in [-0.15, -0.1) is 0 Å². The molecule has 0 saturated carbocycles. The maximum atomic E-state index is 11.7. The van der Waals surface area contributed by atoms with Gasteiger partial charge < -0.3 is 4.72 Å². The van der Waals surface area contributed by atoms with Gasteiger partial charge in [0, 0.05) is 34.3 Å². The van der Waals surface area contributed by atoms with E-state index in [9.17, 15) is 4.21 Å². The molecule has 0 amide bonds. The van der Waals surface area contributed by atoms with Crippen LogP contribution in [0.3, 0.4) is 0 Å². The molecule has 1 aliphatic heterocycles. The van der Waals surface area contributed by atoms with Crippen LogP contribution in [-0.4, -0.2) is 26.5 Å². The molecule has 1 aromatic heterocycles. The fraction of sp³-hybridized carbons (Fsp3) is 0.0909. The Labute approximate surface area is 196 Å². The lowest BCUT2D eigenvalue weighted by molar-refractivity contribution is 0.670. The Hall–Kier alpha value is -2.32. The molecule has 2 heterocycles. The second kappa shape index (κ2) is 8.67. The number of hydrogen-bond donors (Lipinski definition) is 1. The van der Waals surface area contributed by atoms with Crippen LogP contribution in [0.4, 0.5) is 11.4 Å². The summed E-state index contributed by atoms with van der Waals surface area (Å²) in [5.74, 6) is 1.28. The summed E-state index contributed by atoms with van der Waals surface area (Å²) in [4.78, 5) is 9.99. The largest absolute Gasteiger partial charge is 0.326 e. The van der Waals surface area contributed by atoms with E-state index in [4.69, 9.17) is 23.2 Å². The monoisotopic (exact) mass is 486 g/mol. The fourth-order valence-corrected chi connectivity index (χ4v) is 5.21. The molecule has 1 atom stereocenters. The lowest BCUT2D eigenvalue weighted by atomic mass is 10.1. The zero-order valence-corrected chi connectivity index (χ0v) is 19.2. The Morgan fingerprint density at radius 2 is 1.90 bits per heavy atom. The van der Waals surface area contributed by atoms with Gasteiger partial charge in [0.15, 0.2) is 5.82 Å². The van der Waals surface area contributed by atoms with Gasteiger partial charge in [-0.25, -0.2) is 14.2 Å². The molecule has 0 spiro atoms. The number of nitrogens with one attached hydrogen (secondary N) is 1. The first-order valence-corrected chi connectivity index (χ1v) is 12.3. The van der Waals surface area contributed by atoms with Crippen molar-refractivity contribution in [2.75, 3.05) is 21.3 Å². The number of benzene rings is 3. The molecule has 1 saturated heterocycles. The molecule has 0 radical (unpaired) electrons. The predicted molar refractivity (Wildman–Crippen MR) is 131 cm³/mol. The summed E-state index contributed by atoms with van der Waals surface area (Å²) in [5, 5.41) is 2.16. The first-order valence-electron chi connectivity index (χ1n) is 9.49. The van der Waals surface area contributed by atoms with Crippen LogP contribution in [0.15, 0.2) is 71.8 Å². The molecule has 1 aliphatic rings. The molecule has 31 heavy (non-hydrogen) atoms. The van der Waals surface area contributed by atoms with Crippen molar-refractivity contribution in [1.29, 1.82) is 0 Å². The number of anilines is 2. The number of rotatable bonds is 5. The molecular formula is C22H16Cl2N4OS2. The molecule has 9 heteroatoms. The summed E-state index contributed by atoms with van der Waals surface area (Å²) in [6.07, 6.45) is 1.80. The topological polar surface area (TPSA) is 58.1 Å². The highest BCUT2D eigenvalue weighted by Crippen LogP contribution is 2.35. The summed E-state index contributed by atoms with van der Waals surface area (Å²) in [6.45, 7) is 0.790. The Bertz CT molecular complexity index is 1320. The number of nitrogens with zero attached hydrogens (tertiary/aromatic N) is 3. The third kappa shape index (κ3) is 4.23. The molecule has 5 rings (SSSR count). The fourth-order valence-electron chi connectivity index (χ4n) is 3.21. The van der Waals surface area contributed by atoms with Crippen LogP contribution in [-0.2, 0) is 11.0 Å². The van der Waals surface area contributed by atoms with Gasteiger partial charge in [-0.3, -0.25) is 4.31 Å². The Morgan fingerprint density at radius 3 is 2.68 bits per heavy atom. The van der Waals surface area contributed by atoms with E-state index in [1.807, 2.05) is 65.0 Å². The number of fused-ring (bicyclic) bond motifs is 1. The van der Waals surface area contributed by atoms with Crippen molar-refractivity contribution in [3.05, 3.63) is 76.9 Å². The van der Waals surface area contributed by atoms with Gasteiger partial charge in [-0.2, -0.15) is 0 Å². The van der Waals surface area contributed by atoms with Crippen molar-refractivity contribution in [1.82, 2.24) is 9.97 Å². The lowest BCUT2D eigenvalue weighted by Gasteiger charge is -2.31. The van der Waals surface area contributed by atoms with Crippen molar-refractivity contribution in [2.45, 2.75) is 4.90 Å². The molecule has 5 nitrogen and oxygen atoms in total. The zero-order chi connectivity index (χ0) is 21.4. The van der Waals surface area contributed by atoms with Gasteiger partial charge in [0.25, 0.3) is 0 Å². The normalized spacial score (nSPS) is 15.7. The third-order valence-corrected chi connectivity index (χ3v) is 7.98. The second-order valence-corrected chi connectivity index (χ2v) is 10.0. The summed E-state index contributed by atoms with van der Waals surface area (Å²) in [7, 11) is -0.933. The van der Waals surface area contributed by atoms with E-state index in [1.165, 1.54) is 11.9 Å². The van der Waals surface area contributed by atoms with Gasteiger partial charge in [-0.05, 0) is 54.4 Å². The minimum Gasteiger partial charge on any atom is -0.326 e. The maximum absolute atomic E-state index is 11.7. The molecule has 1 fully saturated rings. The molecule has 156 valence electrons. The van der Waals surface area contributed by atoms with Gasteiger partial charge in [-0.1, -0.05) is 41.4 Å². The maximum Gasteiger partial charge on any atom is 0.161 e. The van der Waals surface area contributed by atoms with E-state index < -0.39 is 11.0 Å². The van der Waals surface area contributed by atoms with Crippen LogP contribution in [0.2, 0.25) is 10.0 Å². The van der Waals surface area contributed by atoms with E-state index in [-0.39, 0.29) is 0 Å². The van der Waals surface area contributed by atoms with Crippen LogP contribution < -0.4 is 9.03 Å². The average Bonchev–Trinajstić information content (AvgIpc) is 2.78. The molecule has 1 N–H and O–H groups in total. The molecule has 0 bridgehead atoms. The van der Waals surface area contributed by atoms with Crippen molar-refractivity contribution < 1.29 is 4.21 Å². The van der Waals surface area contributed by atoms with E-state index in [0.29, 0.717) is 21.6 Å². The highest BCUT2D eigenvalue weighted by Gasteiger charge is 2.24. The van der Waals surface area contributed by atoms with Gasteiger partial charge in [0.2, 0.25) is 0 Å². The van der Waals surface area contributed by atoms with Gasteiger partial charge in [0.1, 0.15) is 11.0 Å². The standard InChI is InChI=1S/C22H16Cl2N4OS2/c23-18-7-5-15(11-17(18)22-25-13-14-3-1-2-4-20(14)26-22)27-30-21-8-6-16(12-19(21)24)28-9-10-31(28)29/h1-8,11-13,27H,9-10H2. The third-order valence-electron chi connectivity index (χ3n) is 4.89. The summed E-state index contributed by atoms with van der Waals surface area (Å²) in [5.41, 5.74) is 3.34. The minimum atomic E-state index is -0.933. The molecule has 1 unspecified atom stereocenters. The van der Waals surface area contributed by atoms with Crippen molar-refractivity contribution in [3.63, 3.8) is 0 Å². The molecule has 4 aromatic rings. The summed E-state index contributed by atoms with van der Waals surface area (Å²) < 4.78 is 16.9. The van der Waals surface area contributed by atoms with E-state index >= 15 is 0 Å². The summed E-state index contributed by atoms with van der Waals surface area (Å²) in [6, 6.07) is 19.2. The SMILES string of the molecule is O=S1CCN1c1ccc(SNc2ccc(Cl)c(-c3ncc4ccccc4n3)c2)c(Cl)c1. The van der Waals surface area contributed by atoms with Crippen LogP contribution in [0.5, 0.6) is 0 Å². The Kier molecular flexibility index (Phi) is 5.75. The summed E-state index contributed by atoms with van der Waals surface area (Å²) >= 11 is 14.3. The average molecular weight is 487 g/mol. The Balaban J connectivity index is 1.36. The first-order chi connectivity index (χ1) is 15.1. The van der Waals surface area contributed by atoms with Gasteiger partial charge >= 0.3 is 0 Å². The van der Waals surface area contributed by atoms with Crippen molar-refractivity contribution in [3.8, 4) is 11.4 Å². The Morgan fingerprint density at radius 1 is 1.03 bits per heavy atom. The highest BCUT2D eigenvalue weighted by molar-refractivity contribution is 8.00.